The molecule has 1 atom stereocenters. The van der Waals surface area contributed by atoms with Crippen LogP contribution < -0.4 is 10.6 Å². The lowest BCUT2D eigenvalue weighted by Crippen LogP contribution is -2.41. The molecule has 1 heterocycles. The van der Waals surface area contributed by atoms with Gasteiger partial charge in [0.2, 0.25) is 0 Å². The molecule has 6 heteroatoms. The maximum atomic E-state index is 4.62. The summed E-state index contributed by atoms with van der Waals surface area (Å²) in [5, 5.41) is 10.8. The first-order valence-corrected chi connectivity index (χ1v) is 7.71. The molecule has 0 bridgehead atoms. The number of nitrogens with zero attached hydrogens (tertiary/aromatic N) is 4. The van der Waals surface area contributed by atoms with Crippen LogP contribution in [0.2, 0.25) is 0 Å². The molecule has 2 rings (SSSR count). The van der Waals surface area contributed by atoms with E-state index in [0.29, 0.717) is 12.6 Å². The van der Waals surface area contributed by atoms with Crippen LogP contribution in [0.5, 0.6) is 0 Å². The van der Waals surface area contributed by atoms with E-state index in [1.165, 1.54) is 6.33 Å². The number of guanidine groups is 1. The van der Waals surface area contributed by atoms with Gasteiger partial charge in [0.25, 0.3) is 0 Å². The predicted molar refractivity (Wildman–Crippen MR) is 89.1 cm³/mol. The number of hydrogen-bond donors (Lipinski definition) is 2. The van der Waals surface area contributed by atoms with E-state index >= 15 is 0 Å². The number of benzene rings is 1. The quantitative estimate of drug-likeness (QED) is 0.633. The Morgan fingerprint density at radius 3 is 2.64 bits per heavy atom. The molecule has 0 fully saturated rings. The first-order chi connectivity index (χ1) is 10.7. The fourth-order valence-electron chi connectivity index (χ4n) is 1.92. The molecule has 2 N–H and O–H groups in total. The minimum absolute atomic E-state index is 0.410. The van der Waals surface area contributed by atoms with E-state index in [-0.39, 0.29) is 0 Å². The average Bonchev–Trinajstić information content (AvgIpc) is 3.07. The molecule has 1 unspecified atom stereocenters. The van der Waals surface area contributed by atoms with Crippen molar-refractivity contribution in [3.05, 3.63) is 42.5 Å². The van der Waals surface area contributed by atoms with Gasteiger partial charge in [0.1, 0.15) is 12.7 Å². The Morgan fingerprint density at radius 1 is 1.27 bits per heavy atom. The number of nitrogens with one attached hydrogen (secondary N) is 2. The number of hydrogen-bond acceptors (Lipinski definition) is 3. The third-order valence-corrected chi connectivity index (χ3v) is 3.38. The molecule has 2 aromatic rings. The van der Waals surface area contributed by atoms with E-state index < -0.39 is 0 Å². The maximum absolute atomic E-state index is 4.62. The van der Waals surface area contributed by atoms with Gasteiger partial charge in [-0.25, -0.2) is 14.7 Å². The number of aliphatic imine (C=N–C) groups is 1. The summed E-state index contributed by atoms with van der Waals surface area (Å²) in [5.41, 5.74) is 2.15. The molecular formula is C16H24N6. The van der Waals surface area contributed by atoms with Crippen LogP contribution in [0.4, 0.5) is 0 Å². The van der Waals surface area contributed by atoms with Gasteiger partial charge in [0.05, 0.1) is 12.2 Å². The van der Waals surface area contributed by atoms with E-state index in [1.54, 1.807) is 11.0 Å². The second kappa shape index (κ2) is 8.17. The molecule has 0 saturated carbocycles. The van der Waals surface area contributed by atoms with Crippen LogP contribution in [0.1, 0.15) is 32.8 Å². The van der Waals surface area contributed by atoms with Gasteiger partial charge in [-0.1, -0.05) is 19.1 Å². The minimum Gasteiger partial charge on any atom is -0.357 e. The fourth-order valence-corrected chi connectivity index (χ4v) is 1.92. The Bertz CT molecular complexity index is 573. The third kappa shape index (κ3) is 4.58. The maximum Gasteiger partial charge on any atom is 0.191 e. The molecule has 0 aliphatic carbocycles. The highest BCUT2D eigenvalue weighted by atomic mass is 15.3. The van der Waals surface area contributed by atoms with Crippen molar-refractivity contribution in [2.75, 3.05) is 6.54 Å². The van der Waals surface area contributed by atoms with Crippen molar-refractivity contribution in [3.63, 3.8) is 0 Å². The zero-order valence-electron chi connectivity index (χ0n) is 13.5. The SMILES string of the molecule is CCNC(=NCc1ccc(-n2cncn2)cc1)NC(C)CC. The summed E-state index contributed by atoms with van der Waals surface area (Å²) < 4.78 is 1.74. The lowest BCUT2D eigenvalue weighted by molar-refractivity contribution is 0.624. The highest BCUT2D eigenvalue weighted by molar-refractivity contribution is 5.80. The molecule has 0 spiro atoms. The Balaban J connectivity index is 2.00. The molecule has 22 heavy (non-hydrogen) atoms. The molecule has 0 saturated heterocycles. The van der Waals surface area contributed by atoms with Crippen LogP contribution >= 0.6 is 0 Å². The highest BCUT2D eigenvalue weighted by Gasteiger charge is 2.02. The zero-order valence-corrected chi connectivity index (χ0v) is 13.5. The van der Waals surface area contributed by atoms with Crippen LogP contribution in [0, 0.1) is 0 Å². The summed E-state index contributed by atoms with van der Waals surface area (Å²) >= 11 is 0. The highest BCUT2D eigenvalue weighted by Crippen LogP contribution is 2.08. The van der Waals surface area contributed by atoms with Gasteiger partial charge in [-0.2, -0.15) is 5.10 Å². The van der Waals surface area contributed by atoms with Crippen molar-refractivity contribution in [2.45, 2.75) is 39.8 Å². The van der Waals surface area contributed by atoms with Crippen LogP contribution in [0.15, 0.2) is 41.9 Å². The number of rotatable bonds is 6. The minimum atomic E-state index is 0.410. The van der Waals surface area contributed by atoms with Gasteiger partial charge in [0, 0.05) is 12.6 Å². The van der Waals surface area contributed by atoms with Crippen LogP contribution in [-0.2, 0) is 6.54 Å². The molecular weight excluding hydrogens is 276 g/mol. The Morgan fingerprint density at radius 2 is 2.05 bits per heavy atom. The van der Waals surface area contributed by atoms with Crippen molar-refractivity contribution in [3.8, 4) is 5.69 Å². The lowest BCUT2D eigenvalue weighted by Gasteiger charge is -2.16. The summed E-state index contributed by atoms with van der Waals surface area (Å²) in [7, 11) is 0. The molecule has 1 aromatic heterocycles. The molecule has 0 radical (unpaired) electrons. The molecule has 118 valence electrons. The standard InChI is InChI=1S/C16H24N6/c1-4-13(3)21-16(18-5-2)19-10-14-6-8-15(9-7-14)22-12-17-11-20-22/h6-9,11-13H,4-5,10H2,1-3H3,(H2,18,19,21). The van der Waals surface area contributed by atoms with E-state index in [0.717, 1.165) is 30.2 Å². The number of aromatic nitrogens is 3. The normalized spacial score (nSPS) is 13.0. The van der Waals surface area contributed by atoms with Crippen molar-refractivity contribution in [2.24, 2.45) is 4.99 Å². The van der Waals surface area contributed by atoms with Crippen LogP contribution in [0.25, 0.3) is 5.69 Å². The van der Waals surface area contributed by atoms with Crippen molar-refractivity contribution < 1.29 is 0 Å². The molecule has 0 aliphatic rings. The molecule has 0 aliphatic heterocycles. The monoisotopic (exact) mass is 300 g/mol. The summed E-state index contributed by atoms with van der Waals surface area (Å²) in [6, 6.07) is 8.58. The zero-order chi connectivity index (χ0) is 15.8. The first-order valence-electron chi connectivity index (χ1n) is 7.71. The van der Waals surface area contributed by atoms with E-state index in [4.69, 9.17) is 0 Å². The van der Waals surface area contributed by atoms with Gasteiger partial charge in [-0.3, -0.25) is 0 Å². The smallest absolute Gasteiger partial charge is 0.191 e. The van der Waals surface area contributed by atoms with Gasteiger partial charge < -0.3 is 10.6 Å². The van der Waals surface area contributed by atoms with Gasteiger partial charge in [0.15, 0.2) is 5.96 Å². The van der Waals surface area contributed by atoms with E-state index in [2.05, 4.69) is 58.6 Å². The molecule has 6 nitrogen and oxygen atoms in total. The topological polar surface area (TPSA) is 67.1 Å². The van der Waals surface area contributed by atoms with Crippen LogP contribution in [-0.4, -0.2) is 33.3 Å². The van der Waals surface area contributed by atoms with Gasteiger partial charge in [-0.15, -0.1) is 0 Å². The Hall–Kier alpha value is -2.37. The summed E-state index contributed by atoms with van der Waals surface area (Å²) in [5.74, 6) is 0.859. The summed E-state index contributed by atoms with van der Waals surface area (Å²) in [6.07, 6.45) is 4.28. The summed E-state index contributed by atoms with van der Waals surface area (Å²) in [6.45, 7) is 7.88. The third-order valence-electron chi connectivity index (χ3n) is 3.38. The van der Waals surface area contributed by atoms with Gasteiger partial charge in [-0.05, 0) is 38.0 Å². The average molecular weight is 300 g/mol. The molecule has 1 aromatic carbocycles. The Kier molecular flexibility index (Phi) is 5.94. The first kappa shape index (κ1) is 16.0. The van der Waals surface area contributed by atoms with Crippen LogP contribution in [0.3, 0.4) is 0 Å². The predicted octanol–water partition coefficient (Wildman–Crippen LogP) is 2.12. The molecule has 0 amide bonds. The largest absolute Gasteiger partial charge is 0.357 e. The van der Waals surface area contributed by atoms with Crippen molar-refractivity contribution in [1.29, 1.82) is 0 Å². The summed E-state index contributed by atoms with van der Waals surface area (Å²) in [4.78, 5) is 8.57. The van der Waals surface area contributed by atoms with E-state index in [9.17, 15) is 0 Å². The second-order valence-corrected chi connectivity index (χ2v) is 5.16. The van der Waals surface area contributed by atoms with Gasteiger partial charge >= 0.3 is 0 Å². The van der Waals surface area contributed by atoms with E-state index in [1.807, 2.05) is 12.1 Å². The fraction of sp³-hybridized carbons (Fsp3) is 0.438. The Labute approximate surface area is 131 Å². The second-order valence-electron chi connectivity index (χ2n) is 5.16. The van der Waals surface area contributed by atoms with Crippen molar-refractivity contribution in [1.82, 2.24) is 25.4 Å². The van der Waals surface area contributed by atoms with Crippen molar-refractivity contribution >= 4 is 5.96 Å². The lowest BCUT2D eigenvalue weighted by atomic mass is 10.2.